The molecule has 1 aliphatic heterocycles. The molecule has 0 amide bonds. The van der Waals surface area contributed by atoms with Crippen LogP contribution in [0.2, 0.25) is 5.02 Å². The van der Waals surface area contributed by atoms with E-state index >= 15 is 0 Å². The largest absolute Gasteiger partial charge is 0.491 e. The van der Waals surface area contributed by atoms with Crippen LogP contribution in [0.25, 0.3) is 0 Å². The first-order valence-electron chi connectivity index (χ1n) is 9.16. The number of nitrogens with one attached hydrogen (secondary N) is 1. The fraction of sp³-hybridized carbons (Fsp3) is 0.429. The van der Waals surface area contributed by atoms with E-state index in [0.29, 0.717) is 19.1 Å². The molecule has 1 fully saturated rings. The van der Waals surface area contributed by atoms with E-state index in [4.69, 9.17) is 21.1 Å². The summed E-state index contributed by atoms with van der Waals surface area (Å²) in [5.74, 6) is 1.57. The van der Waals surface area contributed by atoms with Gasteiger partial charge in [-0.3, -0.25) is 0 Å². The van der Waals surface area contributed by atoms with Crippen LogP contribution >= 0.6 is 24.0 Å². The first-order chi connectivity index (χ1) is 12.7. The standard InChI is InChI=1S/C21H27ClN2O2.ClH/c1-25-11-12-26-21-4-2-3-17(13-21)14-23-15-18-9-10-24(16-18)20-7-5-19(22)6-8-20;/h2-8,13,18,23H,9-12,14-16H2,1H3;1H. The zero-order valence-electron chi connectivity index (χ0n) is 15.7. The van der Waals surface area contributed by atoms with Gasteiger partial charge in [-0.25, -0.2) is 0 Å². The van der Waals surface area contributed by atoms with E-state index in [2.05, 4.69) is 34.5 Å². The molecular weight excluding hydrogens is 383 g/mol. The second-order valence-electron chi connectivity index (χ2n) is 6.70. The molecule has 6 heteroatoms. The summed E-state index contributed by atoms with van der Waals surface area (Å²) in [5, 5.41) is 4.38. The number of nitrogens with zero attached hydrogens (tertiary/aromatic N) is 1. The molecule has 1 N–H and O–H groups in total. The van der Waals surface area contributed by atoms with Crippen LogP contribution in [-0.2, 0) is 11.3 Å². The lowest BCUT2D eigenvalue weighted by molar-refractivity contribution is 0.146. The van der Waals surface area contributed by atoms with Gasteiger partial charge in [0.2, 0.25) is 0 Å². The van der Waals surface area contributed by atoms with Crippen molar-refractivity contribution in [2.45, 2.75) is 13.0 Å². The van der Waals surface area contributed by atoms with Crippen molar-refractivity contribution in [3.8, 4) is 5.75 Å². The molecule has 0 aliphatic carbocycles. The Hall–Kier alpha value is -1.46. The Morgan fingerprint density at radius 3 is 2.74 bits per heavy atom. The molecule has 1 unspecified atom stereocenters. The fourth-order valence-corrected chi connectivity index (χ4v) is 3.42. The van der Waals surface area contributed by atoms with Crippen molar-refractivity contribution in [2.75, 3.05) is 44.9 Å². The van der Waals surface area contributed by atoms with Crippen molar-refractivity contribution < 1.29 is 9.47 Å². The lowest BCUT2D eigenvalue weighted by Crippen LogP contribution is -2.26. The Morgan fingerprint density at radius 2 is 1.96 bits per heavy atom. The first kappa shape index (κ1) is 21.8. The van der Waals surface area contributed by atoms with Gasteiger partial charge in [0.05, 0.1) is 6.61 Å². The molecule has 148 valence electrons. The Balaban J connectivity index is 0.00000261. The Kier molecular flexibility index (Phi) is 9.22. The van der Waals surface area contributed by atoms with Crippen molar-refractivity contribution >= 4 is 29.7 Å². The molecule has 4 nitrogen and oxygen atoms in total. The number of halogens is 2. The number of ether oxygens (including phenoxy) is 2. The van der Waals surface area contributed by atoms with Gasteiger partial charge in [-0.1, -0.05) is 23.7 Å². The van der Waals surface area contributed by atoms with Gasteiger partial charge in [-0.05, 0) is 54.3 Å². The van der Waals surface area contributed by atoms with E-state index in [-0.39, 0.29) is 12.4 Å². The summed E-state index contributed by atoms with van der Waals surface area (Å²) < 4.78 is 10.7. The summed E-state index contributed by atoms with van der Waals surface area (Å²) in [7, 11) is 1.68. The molecule has 1 saturated heterocycles. The molecule has 3 rings (SSSR count). The van der Waals surface area contributed by atoms with Crippen LogP contribution in [0.15, 0.2) is 48.5 Å². The van der Waals surface area contributed by atoms with E-state index in [0.717, 1.165) is 37.0 Å². The number of rotatable bonds is 9. The molecule has 0 aromatic heterocycles. The van der Waals surface area contributed by atoms with E-state index < -0.39 is 0 Å². The Labute approximate surface area is 173 Å². The number of anilines is 1. The summed E-state index contributed by atoms with van der Waals surface area (Å²) in [5.41, 5.74) is 2.50. The third-order valence-corrected chi connectivity index (χ3v) is 4.95. The molecular formula is C21H28Cl2N2O2. The summed E-state index contributed by atoms with van der Waals surface area (Å²) in [4.78, 5) is 2.44. The van der Waals surface area contributed by atoms with Crippen LogP contribution < -0.4 is 15.0 Å². The summed E-state index contributed by atoms with van der Waals surface area (Å²) in [6.07, 6.45) is 1.22. The third kappa shape index (κ3) is 6.89. The second-order valence-corrected chi connectivity index (χ2v) is 7.13. The van der Waals surface area contributed by atoms with Gasteiger partial charge in [-0.2, -0.15) is 0 Å². The van der Waals surface area contributed by atoms with Crippen molar-refractivity contribution in [3.05, 3.63) is 59.1 Å². The quantitative estimate of drug-likeness (QED) is 0.620. The molecule has 27 heavy (non-hydrogen) atoms. The predicted octanol–water partition coefficient (Wildman–Crippen LogP) is 4.40. The summed E-state index contributed by atoms with van der Waals surface area (Å²) in [6.45, 7) is 5.27. The van der Waals surface area contributed by atoms with E-state index in [1.54, 1.807) is 7.11 Å². The first-order valence-corrected chi connectivity index (χ1v) is 9.54. The molecule has 1 atom stereocenters. The van der Waals surface area contributed by atoms with Gasteiger partial charge in [0.15, 0.2) is 0 Å². The SMILES string of the molecule is COCCOc1cccc(CNCC2CCN(c3ccc(Cl)cc3)C2)c1.Cl. The minimum atomic E-state index is 0. The molecule has 2 aromatic rings. The average Bonchev–Trinajstić information content (AvgIpc) is 3.12. The second kappa shape index (κ2) is 11.4. The molecule has 0 saturated carbocycles. The highest BCUT2D eigenvalue weighted by atomic mass is 35.5. The van der Waals surface area contributed by atoms with Crippen LogP contribution in [0, 0.1) is 5.92 Å². The number of methoxy groups -OCH3 is 1. The fourth-order valence-electron chi connectivity index (χ4n) is 3.29. The van der Waals surface area contributed by atoms with E-state index in [1.807, 2.05) is 24.3 Å². The molecule has 0 spiro atoms. The highest BCUT2D eigenvalue weighted by Gasteiger charge is 2.22. The maximum atomic E-state index is 5.98. The smallest absolute Gasteiger partial charge is 0.119 e. The van der Waals surface area contributed by atoms with E-state index in [1.165, 1.54) is 17.7 Å². The number of hydrogen-bond acceptors (Lipinski definition) is 4. The number of benzene rings is 2. The predicted molar refractivity (Wildman–Crippen MR) is 115 cm³/mol. The average molecular weight is 411 g/mol. The van der Waals surface area contributed by atoms with Crippen LogP contribution in [0.1, 0.15) is 12.0 Å². The third-order valence-electron chi connectivity index (χ3n) is 4.69. The minimum Gasteiger partial charge on any atom is -0.491 e. The Bertz CT molecular complexity index is 682. The summed E-state index contributed by atoms with van der Waals surface area (Å²) >= 11 is 5.98. The normalized spacial score (nSPS) is 16.2. The summed E-state index contributed by atoms with van der Waals surface area (Å²) in [6, 6.07) is 16.4. The van der Waals surface area contributed by atoms with Gasteiger partial charge in [0.25, 0.3) is 0 Å². The Morgan fingerprint density at radius 1 is 1.15 bits per heavy atom. The molecule has 1 heterocycles. The molecule has 2 aromatic carbocycles. The zero-order chi connectivity index (χ0) is 18.2. The van der Waals surface area contributed by atoms with Crippen LogP contribution in [-0.4, -0.2) is 40.0 Å². The highest BCUT2D eigenvalue weighted by molar-refractivity contribution is 6.30. The van der Waals surface area contributed by atoms with Gasteiger partial charge >= 0.3 is 0 Å². The topological polar surface area (TPSA) is 33.7 Å². The van der Waals surface area contributed by atoms with E-state index in [9.17, 15) is 0 Å². The van der Waals surface area contributed by atoms with Crippen LogP contribution in [0.3, 0.4) is 0 Å². The maximum Gasteiger partial charge on any atom is 0.119 e. The monoisotopic (exact) mass is 410 g/mol. The zero-order valence-corrected chi connectivity index (χ0v) is 17.3. The van der Waals surface area contributed by atoms with Crippen molar-refractivity contribution in [1.82, 2.24) is 5.32 Å². The lowest BCUT2D eigenvalue weighted by atomic mass is 10.1. The minimum absolute atomic E-state index is 0. The van der Waals surface area contributed by atoms with Gasteiger partial charge in [-0.15, -0.1) is 12.4 Å². The maximum absolute atomic E-state index is 5.98. The van der Waals surface area contributed by atoms with Gasteiger partial charge in [0, 0.05) is 44.0 Å². The van der Waals surface area contributed by atoms with Gasteiger partial charge in [0.1, 0.15) is 12.4 Å². The van der Waals surface area contributed by atoms with Crippen LogP contribution in [0.4, 0.5) is 5.69 Å². The molecule has 1 aliphatic rings. The molecule has 0 bridgehead atoms. The van der Waals surface area contributed by atoms with Crippen molar-refractivity contribution in [2.24, 2.45) is 5.92 Å². The molecule has 0 radical (unpaired) electrons. The number of hydrogen-bond donors (Lipinski definition) is 1. The highest BCUT2D eigenvalue weighted by Crippen LogP contribution is 2.25. The lowest BCUT2D eigenvalue weighted by Gasteiger charge is -2.19. The van der Waals surface area contributed by atoms with Crippen molar-refractivity contribution in [1.29, 1.82) is 0 Å². The van der Waals surface area contributed by atoms with Crippen LogP contribution in [0.5, 0.6) is 5.75 Å². The van der Waals surface area contributed by atoms with Gasteiger partial charge < -0.3 is 19.7 Å². The van der Waals surface area contributed by atoms with Crippen molar-refractivity contribution in [3.63, 3.8) is 0 Å².